The molecule has 0 spiro atoms. The number of aliphatic carboxylic acids is 1. The van der Waals surface area contributed by atoms with Crippen molar-refractivity contribution in [2.75, 3.05) is 27.3 Å². The third kappa shape index (κ3) is 4.22. The van der Waals surface area contributed by atoms with E-state index in [0.29, 0.717) is 34.5 Å². The van der Waals surface area contributed by atoms with Gasteiger partial charge in [0.15, 0.2) is 0 Å². The number of halogens is 2. The zero-order valence-corrected chi connectivity index (χ0v) is 17.3. The molecule has 0 amide bonds. The first-order chi connectivity index (χ1) is 13.5. The summed E-state index contributed by atoms with van der Waals surface area (Å²) in [5.41, 5.74) is 1.66. The molecule has 150 valence electrons. The molecular weight excluding hydrogens is 401 g/mol. The number of likely N-dealkylation sites (tertiary alicyclic amines) is 1. The van der Waals surface area contributed by atoms with Gasteiger partial charge in [0, 0.05) is 16.6 Å². The highest BCUT2D eigenvalue weighted by Gasteiger charge is 2.35. The van der Waals surface area contributed by atoms with Crippen LogP contribution in [-0.2, 0) is 4.79 Å². The van der Waals surface area contributed by atoms with Gasteiger partial charge in [-0.2, -0.15) is 0 Å². The van der Waals surface area contributed by atoms with Crippen LogP contribution in [0.15, 0.2) is 36.4 Å². The van der Waals surface area contributed by atoms with Gasteiger partial charge in [0.2, 0.25) is 0 Å². The Labute approximate surface area is 174 Å². The van der Waals surface area contributed by atoms with E-state index < -0.39 is 11.9 Å². The summed E-state index contributed by atoms with van der Waals surface area (Å²) in [4.78, 5) is 13.8. The van der Waals surface area contributed by atoms with E-state index in [9.17, 15) is 9.90 Å². The lowest BCUT2D eigenvalue weighted by Gasteiger charge is -2.38. The van der Waals surface area contributed by atoms with Gasteiger partial charge in [-0.1, -0.05) is 35.3 Å². The first-order valence-electron chi connectivity index (χ1n) is 9.09. The summed E-state index contributed by atoms with van der Waals surface area (Å²) < 4.78 is 11.3. The Bertz CT molecular complexity index is 836. The van der Waals surface area contributed by atoms with Gasteiger partial charge in [0.25, 0.3) is 0 Å². The van der Waals surface area contributed by atoms with Crippen molar-refractivity contribution in [2.45, 2.75) is 18.9 Å². The summed E-state index contributed by atoms with van der Waals surface area (Å²) in [5, 5.41) is 10.6. The van der Waals surface area contributed by atoms with Crippen LogP contribution in [0.5, 0.6) is 11.5 Å². The van der Waals surface area contributed by atoms with E-state index in [-0.39, 0.29) is 6.04 Å². The molecule has 1 heterocycles. The van der Waals surface area contributed by atoms with Gasteiger partial charge in [-0.3, -0.25) is 9.69 Å². The van der Waals surface area contributed by atoms with Crippen molar-refractivity contribution in [3.63, 3.8) is 0 Å². The molecule has 0 bridgehead atoms. The van der Waals surface area contributed by atoms with Gasteiger partial charge in [-0.05, 0) is 49.2 Å². The third-order valence-electron chi connectivity index (χ3n) is 5.16. The molecular formula is C21H23Cl2NO4. The van der Waals surface area contributed by atoms with Gasteiger partial charge in [0.1, 0.15) is 11.5 Å². The Morgan fingerprint density at radius 1 is 1.18 bits per heavy atom. The summed E-state index contributed by atoms with van der Waals surface area (Å²) in [6.07, 6.45) is 1.45. The van der Waals surface area contributed by atoms with Crippen LogP contribution in [0.4, 0.5) is 0 Å². The van der Waals surface area contributed by atoms with Crippen LogP contribution >= 0.6 is 23.2 Å². The number of rotatable bonds is 6. The van der Waals surface area contributed by atoms with E-state index in [4.69, 9.17) is 32.7 Å². The first-order valence-corrected chi connectivity index (χ1v) is 9.84. The highest BCUT2D eigenvalue weighted by atomic mass is 35.5. The van der Waals surface area contributed by atoms with Gasteiger partial charge < -0.3 is 14.6 Å². The van der Waals surface area contributed by atoms with Crippen LogP contribution in [0.25, 0.3) is 0 Å². The number of nitrogens with zero attached hydrogens (tertiary/aromatic N) is 1. The molecule has 2 aromatic rings. The molecule has 0 radical (unpaired) electrons. The zero-order chi connectivity index (χ0) is 20.3. The van der Waals surface area contributed by atoms with Crippen molar-refractivity contribution in [3.05, 3.63) is 57.6 Å². The highest BCUT2D eigenvalue weighted by molar-refractivity contribution is 6.35. The molecule has 1 saturated heterocycles. The van der Waals surface area contributed by atoms with Gasteiger partial charge in [-0.25, -0.2) is 0 Å². The van der Waals surface area contributed by atoms with E-state index in [0.717, 1.165) is 24.1 Å². The molecule has 1 N–H and O–H groups in total. The Morgan fingerprint density at radius 3 is 2.43 bits per heavy atom. The van der Waals surface area contributed by atoms with E-state index >= 15 is 0 Å². The number of methoxy groups -OCH3 is 2. The molecule has 1 fully saturated rings. The standard InChI is InChI=1S/C21H23Cl2NO4/c1-27-17-6-3-7-18(28-2)19(17)20(15-9-8-14(22)11-16(15)23)24-10-4-5-13(12-24)21(25)26/h3,6-9,11,13,20H,4-5,10,12H2,1-2H3,(H,25,26). The number of benzene rings is 2. The minimum absolute atomic E-state index is 0.321. The van der Waals surface area contributed by atoms with Gasteiger partial charge in [0.05, 0.1) is 31.7 Å². The van der Waals surface area contributed by atoms with Gasteiger partial charge in [-0.15, -0.1) is 0 Å². The van der Waals surface area contributed by atoms with Crippen LogP contribution in [0.3, 0.4) is 0 Å². The minimum Gasteiger partial charge on any atom is -0.496 e. The lowest BCUT2D eigenvalue weighted by molar-refractivity contribution is -0.143. The number of hydrogen-bond acceptors (Lipinski definition) is 4. The number of carboxylic acids is 1. The number of carboxylic acid groups (broad SMARTS) is 1. The van der Waals surface area contributed by atoms with Crippen LogP contribution in [0.1, 0.15) is 30.0 Å². The maximum absolute atomic E-state index is 11.6. The molecule has 1 aliphatic rings. The fraction of sp³-hybridized carbons (Fsp3) is 0.381. The predicted octanol–water partition coefficient (Wildman–Crippen LogP) is 4.90. The van der Waals surface area contributed by atoms with Crippen molar-refractivity contribution in [1.82, 2.24) is 4.90 Å². The highest BCUT2D eigenvalue weighted by Crippen LogP contribution is 2.44. The van der Waals surface area contributed by atoms with Crippen molar-refractivity contribution >= 4 is 29.2 Å². The minimum atomic E-state index is -0.780. The molecule has 2 atom stereocenters. The Kier molecular flexibility index (Phi) is 6.70. The monoisotopic (exact) mass is 423 g/mol. The molecule has 0 saturated carbocycles. The molecule has 28 heavy (non-hydrogen) atoms. The number of piperidine rings is 1. The molecule has 7 heteroatoms. The van der Waals surface area contributed by atoms with Crippen LogP contribution < -0.4 is 9.47 Å². The summed E-state index contributed by atoms with van der Waals surface area (Å²) in [7, 11) is 3.21. The Balaban J connectivity index is 2.17. The average Bonchev–Trinajstić information content (AvgIpc) is 2.70. The summed E-state index contributed by atoms with van der Waals surface area (Å²) in [5.74, 6) is 0.112. The fourth-order valence-electron chi connectivity index (χ4n) is 3.85. The fourth-order valence-corrected chi connectivity index (χ4v) is 4.36. The Hall–Kier alpha value is -1.95. The number of ether oxygens (including phenoxy) is 2. The molecule has 2 aromatic carbocycles. The second-order valence-electron chi connectivity index (χ2n) is 6.82. The lowest BCUT2D eigenvalue weighted by Crippen LogP contribution is -2.41. The van der Waals surface area contributed by atoms with Crippen molar-refractivity contribution in [3.8, 4) is 11.5 Å². The smallest absolute Gasteiger partial charge is 0.307 e. The summed E-state index contributed by atoms with van der Waals surface area (Å²) >= 11 is 12.7. The first kappa shape index (κ1) is 20.8. The van der Waals surface area contributed by atoms with Crippen molar-refractivity contribution in [2.24, 2.45) is 5.92 Å². The molecule has 5 nitrogen and oxygen atoms in total. The number of carbonyl (C=O) groups is 1. The van der Waals surface area contributed by atoms with Gasteiger partial charge >= 0.3 is 5.97 Å². The molecule has 0 aliphatic carbocycles. The zero-order valence-electron chi connectivity index (χ0n) is 15.8. The maximum atomic E-state index is 11.6. The third-order valence-corrected chi connectivity index (χ3v) is 5.73. The number of hydrogen-bond donors (Lipinski definition) is 1. The van der Waals surface area contributed by atoms with E-state index in [1.54, 1.807) is 26.4 Å². The lowest BCUT2D eigenvalue weighted by atomic mass is 9.90. The van der Waals surface area contributed by atoms with Crippen LogP contribution in [-0.4, -0.2) is 43.3 Å². The van der Waals surface area contributed by atoms with Crippen molar-refractivity contribution < 1.29 is 19.4 Å². The van der Waals surface area contributed by atoms with Crippen molar-refractivity contribution in [1.29, 1.82) is 0 Å². The SMILES string of the molecule is COc1cccc(OC)c1C(c1ccc(Cl)cc1Cl)N1CCCC(C(=O)O)C1. The second-order valence-corrected chi connectivity index (χ2v) is 7.66. The maximum Gasteiger partial charge on any atom is 0.307 e. The van der Waals surface area contributed by atoms with Crippen LogP contribution in [0.2, 0.25) is 10.0 Å². The largest absolute Gasteiger partial charge is 0.496 e. The predicted molar refractivity (Wildman–Crippen MR) is 110 cm³/mol. The Morgan fingerprint density at radius 2 is 1.86 bits per heavy atom. The second kappa shape index (κ2) is 9.03. The summed E-state index contributed by atoms with van der Waals surface area (Å²) in [6, 6.07) is 10.6. The normalized spacial score (nSPS) is 18.5. The molecule has 3 rings (SSSR count). The average molecular weight is 424 g/mol. The van der Waals surface area contributed by atoms with Crippen LogP contribution in [0, 0.1) is 5.92 Å². The van der Waals surface area contributed by atoms with E-state index in [1.807, 2.05) is 24.3 Å². The molecule has 1 aliphatic heterocycles. The molecule has 2 unspecified atom stereocenters. The van der Waals surface area contributed by atoms with E-state index in [1.165, 1.54) is 0 Å². The quantitative estimate of drug-likeness (QED) is 0.715. The van der Waals surface area contributed by atoms with E-state index in [2.05, 4.69) is 4.90 Å². The molecule has 0 aromatic heterocycles. The summed E-state index contributed by atoms with van der Waals surface area (Å²) in [6.45, 7) is 1.16. The topological polar surface area (TPSA) is 59.0 Å².